The number of methoxy groups -OCH3 is 2. The van der Waals surface area contributed by atoms with Crippen LogP contribution in [0.5, 0.6) is 11.5 Å². The number of para-hydroxylation sites is 1. The minimum Gasteiger partial charge on any atom is -0.493 e. The normalized spacial score (nSPS) is 13.3. The molecule has 0 aliphatic heterocycles. The topological polar surface area (TPSA) is 107 Å². The molecule has 2 N–H and O–H groups in total. The summed E-state index contributed by atoms with van der Waals surface area (Å²) in [6, 6.07) is 9.85. The predicted molar refractivity (Wildman–Crippen MR) is 131 cm³/mol. The third kappa shape index (κ3) is 4.07. The molecule has 6 rings (SSSR count). The third-order valence-corrected chi connectivity index (χ3v) is 6.17. The van der Waals surface area contributed by atoms with Gasteiger partial charge < -0.3 is 14.8 Å². The molecule has 35 heavy (non-hydrogen) atoms. The van der Waals surface area contributed by atoms with Crippen LogP contribution in [0.4, 0.5) is 11.8 Å². The number of hydrogen-bond donors (Lipinski definition) is 2. The summed E-state index contributed by atoms with van der Waals surface area (Å²) in [5.41, 5.74) is 5.51. The van der Waals surface area contributed by atoms with Crippen molar-refractivity contribution in [3.63, 3.8) is 0 Å². The first kappa shape index (κ1) is 21.2. The molecule has 4 heterocycles. The quantitative estimate of drug-likeness (QED) is 0.348. The van der Waals surface area contributed by atoms with E-state index in [0.717, 1.165) is 39.7 Å². The molecule has 5 aromatic rings. The molecule has 0 bridgehead atoms. The lowest BCUT2D eigenvalue weighted by molar-refractivity contribution is 0.350. The number of hydrogen-bond acceptors (Lipinski definition) is 7. The zero-order valence-electron chi connectivity index (χ0n) is 19.8. The Labute approximate surface area is 201 Å². The molecule has 10 nitrogen and oxygen atoms in total. The number of H-pyrrole nitrogens is 1. The van der Waals surface area contributed by atoms with Gasteiger partial charge in [0.15, 0.2) is 17.3 Å². The van der Waals surface area contributed by atoms with Gasteiger partial charge in [0, 0.05) is 47.3 Å². The van der Waals surface area contributed by atoms with Gasteiger partial charge >= 0.3 is 0 Å². The molecule has 0 amide bonds. The summed E-state index contributed by atoms with van der Waals surface area (Å²) >= 11 is 0. The number of aromatic nitrogens is 7. The summed E-state index contributed by atoms with van der Waals surface area (Å²) in [4.78, 5) is 9.55. The maximum atomic E-state index is 5.57. The SMILES string of the molecule is COc1cccc(Cn2cc(-c3cc4nc(C)cn4c(Nc4cc(C5CC5)[nH]n4)n3)cn2)c1OC. The lowest BCUT2D eigenvalue weighted by Gasteiger charge is -2.12. The van der Waals surface area contributed by atoms with Gasteiger partial charge in [-0.3, -0.25) is 14.2 Å². The van der Waals surface area contributed by atoms with E-state index in [4.69, 9.17) is 14.5 Å². The van der Waals surface area contributed by atoms with E-state index in [1.165, 1.54) is 12.8 Å². The van der Waals surface area contributed by atoms with Crippen LogP contribution < -0.4 is 14.8 Å². The molecular formula is C25H26N8O2. The van der Waals surface area contributed by atoms with Gasteiger partial charge in [0.25, 0.3) is 0 Å². The van der Waals surface area contributed by atoms with Crippen molar-refractivity contribution in [2.75, 3.05) is 19.5 Å². The van der Waals surface area contributed by atoms with Crippen LogP contribution in [0.1, 0.15) is 35.7 Å². The molecule has 0 unspecified atom stereocenters. The fourth-order valence-corrected chi connectivity index (χ4v) is 4.30. The Hall–Kier alpha value is -4.34. The molecule has 0 saturated heterocycles. The van der Waals surface area contributed by atoms with Crippen molar-refractivity contribution in [1.82, 2.24) is 34.3 Å². The van der Waals surface area contributed by atoms with Crippen LogP contribution in [0.25, 0.3) is 16.9 Å². The molecule has 1 fully saturated rings. The minimum atomic E-state index is 0.535. The van der Waals surface area contributed by atoms with Gasteiger partial charge in [-0.2, -0.15) is 10.2 Å². The van der Waals surface area contributed by atoms with Crippen molar-refractivity contribution in [2.45, 2.75) is 32.2 Å². The molecule has 1 aromatic carbocycles. The second kappa shape index (κ2) is 8.46. The average Bonchev–Trinajstić information content (AvgIpc) is 3.23. The van der Waals surface area contributed by atoms with Crippen molar-refractivity contribution in [3.05, 3.63) is 65.9 Å². The molecule has 10 heteroatoms. The Bertz CT molecular complexity index is 1510. The number of aryl methyl sites for hydroxylation is 1. The Morgan fingerprint density at radius 1 is 1.11 bits per heavy atom. The Morgan fingerprint density at radius 2 is 2.00 bits per heavy atom. The Morgan fingerprint density at radius 3 is 2.80 bits per heavy atom. The van der Waals surface area contributed by atoms with E-state index >= 15 is 0 Å². The van der Waals surface area contributed by atoms with Gasteiger partial charge in [-0.25, -0.2) is 9.97 Å². The molecule has 1 aliphatic carbocycles. The molecule has 0 spiro atoms. The highest BCUT2D eigenvalue weighted by Crippen LogP contribution is 2.39. The lowest BCUT2D eigenvalue weighted by atomic mass is 10.2. The zero-order chi connectivity index (χ0) is 23.9. The maximum Gasteiger partial charge on any atom is 0.215 e. The van der Waals surface area contributed by atoms with E-state index in [0.29, 0.717) is 29.9 Å². The first-order chi connectivity index (χ1) is 17.1. The summed E-state index contributed by atoms with van der Waals surface area (Å²) in [6.45, 7) is 2.50. The standard InChI is InChI=1S/C25H26N8O2/c1-15-12-33-23(27-15)10-19(28-25(33)29-22-9-20(30-31-22)16-7-8-16)18-11-26-32(14-18)13-17-5-4-6-21(34-2)24(17)35-3/h4-6,9-12,14,16H,7-8,13H2,1-3H3,(H2,28,29,30,31). The van der Waals surface area contributed by atoms with Gasteiger partial charge in [-0.05, 0) is 25.8 Å². The highest BCUT2D eigenvalue weighted by Gasteiger charge is 2.25. The van der Waals surface area contributed by atoms with Gasteiger partial charge in [0.1, 0.15) is 5.65 Å². The Kier molecular flexibility index (Phi) is 5.13. The number of fused-ring (bicyclic) bond motifs is 1. The van der Waals surface area contributed by atoms with Crippen LogP contribution in [-0.4, -0.2) is 48.6 Å². The maximum absolute atomic E-state index is 5.57. The van der Waals surface area contributed by atoms with Crippen LogP contribution in [0, 0.1) is 6.92 Å². The molecule has 4 aromatic heterocycles. The number of rotatable bonds is 8. The average molecular weight is 471 g/mol. The molecular weight excluding hydrogens is 444 g/mol. The van der Waals surface area contributed by atoms with Gasteiger partial charge in [-0.15, -0.1) is 0 Å². The van der Waals surface area contributed by atoms with E-state index in [2.05, 4.69) is 31.7 Å². The second-order valence-electron chi connectivity index (χ2n) is 8.76. The highest BCUT2D eigenvalue weighted by atomic mass is 16.5. The number of imidazole rings is 1. The third-order valence-electron chi connectivity index (χ3n) is 6.17. The van der Waals surface area contributed by atoms with Crippen LogP contribution in [0.3, 0.4) is 0 Å². The zero-order valence-corrected chi connectivity index (χ0v) is 19.8. The number of nitrogens with one attached hydrogen (secondary N) is 2. The smallest absolute Gasteiger partial charge is 0.215 e. The van der Waals surface area contributed by atoms with E-state index < -0.39 is 0 Å². The fourth-order valence-electron chi connectivity index (χ4n) is 4.30. The van der Waals surface area contributed by atoms with Crippen molar-refractivity contribution in [2.24, 2.45) is 0 Å². The van der Waals surface area contributed by atoms with Crippen LogP contribution in [0.2, 0.25) is 0 Å². The number of anilines is 2. The van der Waals surface area contributed by atoms with Crippen molar-refractivity contribution in [3.8, 4) is 22.8 Å². The lowest BCUT2D eigenvalue weighted by Crippen LogP contribution is -2.03. The first-order valence-corrected chi connectivity index (χ1v) is 11.5. The number of nitrogens with zero attached hydrogens (tertiary/aromatic N) is 6. The van der Waals surface area contributed by atoms with Crippen LogP contribution in [-0.2, 0) is 6.54 Å². The molecule has 1 saturated carbocycles. The van der Waals surface area contributed by atoms with Gasteiger partial charge in [0.2, 0.25) is 5.95 Å². The van der Waals surface area contributed by atoms with E-state index in [9.17, 15) is 0 Å². The fraction of sp³-hybridized carbons (Fsp3) is 0.280. The number of aromatic amines is 1. The predicted octanol–water partition coefficient (Wildman–Crippen LogP) is 4.31. The number of benzene rings is 1. The summed E-state index contributed by atoms with van der Waals surface area (Å²) in [7, 11) is 3.27. The molecule has 0 atom stereocenters. The van der Waals surface area contributed by atoms with Crippen molar-refractivity contribution in [1.29, 1.82) is 0 Å². The minimum absolute atomic E-state index is 0.535. The summed E-state index contributed by atoms with van der Waals surface area (Å²) < 4.78 is 14.8. The van der Waals surface area contributed by atoms with E-state index in [1.807, 2.05) is 58.9 Å². The van der Waals surface area contributed by atoms with Crippen molar-refractivity contribution >= 4 is 17.4 Å². The van der Waals surface area contributed by atoms with Gasteiger partial charge in [-0.1, -0.05) is 12.1 Å². The van der Waals surface area contributed by atoms with E-state index in [1.54, 1.807) is 14.2 Å². The van der Waals surface area contributed by atoms with E-state index in [-0.39, 0.29) is 0 Å². The molecule has 1 aliphatic rings. The summed E-state index contributed by atoms with van der Waals surface area (Å²) in [5.74, 6) is 3.38. The highest BCUT2D eigenvalue weighted by molar-refractivity contribution is 5.67. The Balaban J connectivity index is 1.32. The monoisotopic (exact) mass is 470 g/mol. The summed E-state index contributed by atoms with van der Waals surface area (Å²) in [6.07, 6.45) is 8.17. The van der Waals surface area contributed by atoms with Crippen LogP contribution in [0.15, 0.2) is 48.9 Å². The number of ether oxygens (including phenoxy) is 2. The van der Waals surface area contributed by atoms with Crippen LogP contribution >= 0.6 is 0 Å². The van der Waals surface area contributed by atoms with Gasteiger partial charge in [0.05, 0.1) is 38.3 Å². The largest absolute Gasteiger partial charge is 0.493 e. The molecule has 178 valence electrons. The first-order valence-electron chi connectivity index (χ1n) is 11.5. The second-order valence-corrected chi connectivity index (χ2v) is 8.76. The van der Waals surface area contributed by atoms with Crippen molar-refractivity contribution < 1.29 is 9.47 Å². The summed E-state index contributed by atoms with van der Waals surface area (Å²) in [5, 5.41) is 15.5. The molecule has 0 radical (unpaired) electrons.